The molecule has 2 N–H and O–H groups in total. The van der Waals surface area contributed by atoms with Gasteiger partial charge < -0.3 is 5.32 Å². The van der Waals surface area contributed by atoms with Gasteiger partial charge in [0.1, 0.15) is 5.82 Å². The van der Waals surface area contributed by atoms with Gasteiger partial charge in [0.25, 0.3) is 0 Å². The second kappa shape index (κ2) is 10.9. The fourth-order valence-corrected chi connectivity index (χ4v) is 3.70. The number of nitrogens with one attached hydrogen (secondary N) is 2. The van der Waals surface area contributed by atoms with Crippen molar-refractivity contribution in [3.63, 3.8) is 0 Å². The summed E-state index contributed by atoms with van der Waals surface area (Å²) in [5, 5.41) is 10.5. The van der Waals surface area contributed by atoms with E-state index in [4.69, 9.17) is 0 Å². The Morgan fingerprint density at radius 1 is 1.10 bits per heavy atom. The van der Waals surface area contributed by atoms with Crippen LogP contribution in [0.15, 0.2) is 48.5 Å². The monoisotopic (exact) mass is 422 g/mol. The maximum atomic E-state index is 13.1. The van der Waals surface area contributed by atoms with Crippen molar-refractivity contribution < 1.29 is 9.18 Å². The molecular weight excluding hydrogens is 391 g/mol. The predicted molar refractivity (Wildman–Crippen MR) is 124 cm³/mol. The van der Waals surface area contributed by atoms with Crippen LogP contribution in [0.25, 0.3) is 11.3 Å². The number of benzene rings is 2. The topological polar surface area (TPSA) is 61.0 Å². The smallest absolute Gasteiger partial charge is 0.238 e. The van der Waals surface area contributed by atoms with Gasteiger partial charge in [-0.1, -0.05) is 32.0 Å². The summed E-state index contributed by atoms with van der Waals surface area (Å²) in [5.74, 6) is -0.242. The van der Waals surface area contributed by atoms with E-state index in [9.17, 15) is 9.18 Å². The quantitative estimate of drug-likeness (QED) is 0.491. The van der Waals surface area contributed by atoms with Crippen molar-refractivity contribution in [1.82, 2.24) is 15.1 Å². The maximum Gasteiger partial charge on any atom is 0.238 e. The third-order valence-corrected chi connectivity index (χ3v) is 5.43. The molecule has 164 valence electrons. The summed E-state index contributed by atoms with van der Waals surface area (Å²) >= 11 is 0. The van der Waals surface area contributed by atoms with Gasteiger partial charge in [0.05, 0.1) is 12.2 Å². The van der Waals surface area contributed by atoms with E-state index < -0.39 is 0 Å². The molecule has 0 radical (unpaired) electrons. The molecule has 0 unspecified atom stereocenters. The number of nitrogens with zero attached hydrogens (tertiary/aromatic N) is 2. The van der Waals surface area contributed by atoms with Crippen LogP contribution in [-0.4, -0.2) is 41.1 Å². The molecule has 5 nitrogen and oxygen atoms in total. The summed E-state index contributed by atoms with van der Waals surface area (Å²) in [6.45, 7) is 5.36. The van der Waals surface area contributed by atoms with Crippen LogP contribution >= 0.6 is 0 Å². The summed E-state index contributed by atoms with van der Waals surface area (Å²) in [6, 6.07) is 14.5. The molecule has 0 aliphatic heterocycles. The number of amides is 1. The second-order valence-electron chi connectivity index (χ2n) is 7.83. The third-order valence-electron chi connectivity index (χ3n) is 5.43. The lowest BCUT2D eigenvalue weighted by Crippen LogP contribution is -2.31. The highest BCUT2D eigenvalue weighted by Crippen LogP contribution is 2.22. The SMILES string of the molecule is CCc1cccc(CC)c1NC(=O)CN(C)CCCc1cc(-c2ccc(F)cc2)n[nH]1. The van der Waals surface area contributed by atoms with Gasteiger partial charge in [-0.3, -0.25) is 14.8 Å². The minimum Gasteiger partial charge on any atom is -0.324 e. The third kappa shape index (κ3) is 6.25. The van der Waals surface area contributed by atoms with Crippen molar-refractivity contribution in [1.29, 1.82) is 0 Å². The van der Waals surface area contributed by atoms with Gasteiger partial charge in [0, 0.05) is 16.9 Å². The Morgan fingerprint density at radius 2 is 1.77 bits per heavy atom. The number of H-pyrrole nitrogens is 1. The Balaban J connectivity index is 1.47. The van der Waals surface area contributed by atoms with Crippen LogP contribution in [0, 0.1) is 5.82 Å². The highest BCUT2D eigenvalue weighted by molar-refractivity contribution is 5.93. The fraction of sp³-hybridized carbons (Fsp3) is 0.360. The van der Waals surface area contributed by atoms with Gasteiger partial charge >= 0.3 is 0 Å². The first-order valence-corrected chi connectivity index (χ1v) is 10.9. The van der Waals surface area contributed by atoms with Crippen LogP contribution in [0.2, 0.25) is 0 Å². The van der Waals surface area contributed by atoms with Gasteiger partial charge in [-0.2, -0.15) is 5.10 Å². The van der Waals surface area contributed by atoms with E-state index >= 15 is 0 Å². The normalized spacial score (nSPS) is 11.1. The van der Waals surface area contributed by atoms with E-state index in [0.717, 1.165) is 54.9 Å². The summed E-state index contributed by atoms with van der Waals surface area (Å²) in [6.07, 6.45) is 3.52. The zero-order valence-corrected chi connectivity index (χ0v) is 18.5. The summed E-state index contributed by atoms with van der Waals surface area (Å²) in [4.78, 5) is 14.6. The summed E-state index contributed by atoms with van der Waals surface area (Å²) < 4.78 is 13.1. The van der Waals surface area contributed by atoms with E-state index in [1.165, 1.54) is 23.3 Å². The minimum atomic E-state index is -0.254. The van der Waals surface area contributed by atoms with Crippen LogP contribution in [0.5, 0.6) is 0 Å². The first-order chi connectivity index (χ1) is 15.0. The van der Waals surface area contributed by atoms with Crippen LogP contribution in [0.3, 0.4) is 0 Å². The number of anilines is 1. The van der Waals surface area contributed by atoms with E-state index in [2.05, 4.69) is 47.6 Å². The molecule has 1 amide bonds. The maximum absolute atomic E-state index is 13.1. The standard InChI is InChI=1S/C25H31FN4O/c1-4-18-8-6-9-19(5-2)25(18)27-24(31)17-30(3)15-7-10-22-16-23(29-28-22)20-11-13-21(26)14-12-20/h6,8-9,11-14,16H,4-5,7,10,15,17H2,1-3H3,(H,27,31)(H,28,29). The van der Waals surface area contributed by atoms with Gasteiger partial charge in [-0.15, -0.1) is 0 Å². The molecule has 3 aromatic rings. The number of aromatic nitrogens is 2. The minimum absolute atomic E-state index is 0.0123. The predicted octanol–water partition coefficient (Wildman–Crippen LogP) is 4.84. The number of aromatic amines is 1. The number of halogens is 1. The molecule has 3 rings (SSSR count). The summed E-state index contributed by atoms with van der Waals surface area (Å²) in [7, 11) is 1.96. The van der Waals surface area contributed by atoms with E-state index in [1.807, 2.05) is 18.0 Å². The molecule has 0 saturated heterocycles. The Hall–Kier alpha value is -2.99. The number of aryl methyl sites for hydroxylation is 3. The Labute approximate surface area is 183 Å². The molecule has 1 heterocycles. The van der Waals surface area contributed by atoms with Crippen LogP contribution < -0.4 is 5.32 Å². The largest absolute Gasteiger partial charge is 0.324 e. The zero-order chi connectivity index (χ0) is 22.2. The van der Waals surface area contributed by atoms with Crippen molar-refractivity contribution in [3.05, 3.63) is 71.2 Å². The molecule has 2 aromatic carbocycles. The van der Waals surface area contributed by atoms with Crippen molar-refractivity contribution in [2.45, 2.75) is 39.5 Å². The van der Waals surface area contributed by atoms with E-state index in [-0.39, 0.29) is 11.7 Å². The fourth-order valence-electron chi connectivity index (χ4n) is 3.70. The molecule has 1 aromatic heterocycles. The molecule has 0 aliphatic carbocycles. The Kier molecular flexibility index (Phi) is 7.95. The lowest BCUT2D eigenvalue weighted by Gasteiger charge is -2.18. The first kappa shape index (κ1) is 22.7. The molecule has 0 atom stereocenters. The molecular formula is C25H31FN4O. The van der Waals surface area contributed by atoms with Gasteiger partial charge in [-0.05, 0) is 80.7 Å². The van der Waals surface area contributed by atoms with Gasteiger partial charge in [-0.25, -0.2) is 4.39 Å². The highest BCUT2D eigenvalue weighted by Gasteiger charge is 2.12. The molecule has 0 aliphatic rings. The number of hydrogen-bond acceptors (Lipinski definition) is 3. The zero-order valence-electron chi connectivity index (χ0n) is 18.5. The van der Waals surface area contributed by atoms with Gasteiger partial charge in [0.2, 0.25) is 5.91 Å². The number of hydrogen-bond donors (Lipinski definition) is 2. The number of carbonyl (C=O) groups is 1. The average Bonchev–Trinajstić information content (AvgIpc) is 3.23. The molecule has 0 bridgehead atoms. The molecule has 6 heteroatoms. The molecule has 0 fully saturated rings. The Bertz CT molecular complexity index is 975. The molecule has 0 saturated carbocycles. The van der Waals surface area contributed by atoms with Crippen molar-refractivity contribution in [2.24, 2.45) is 0 Å². The molecule has 31 heavy (non-hydrogen) atoms. The number of carbonyl (C=O) groups excluding carboxylic acids is 1. The summed E-state index contributed by atoms with van der Waals surface area (Å²) in [5.41, 5.74) is 6.04. The second-order valence-corrected chi connectivity index (χ2v) is 7.83. The molecule has 0 spiro atoms. The number of rotatable bonds is 10. The van der Waals surface area contributed by atoms with Crippen molar-refractivity contribution >= 4 is 11.6 Å². The lowest BCUT2D eigenvalue weighted by molar-refractivity contribution is -0.117. The van der Waals surface area contributed by atoms with Crippen LogP contribution in [-0.2, 0) is 24.1 Å². The first-order valence-electron chi connectivity index (χ1n) is 10.9. The van der Waals surface area contributed by atoms with E-state index in [1.54, 1.807) is 12.1 Å². The van der Waals surface area contributed by atoms with Crippen LogP contribution in [0.1, 0.15) is 37.1 Å². The average molecular weight is 423 g/mol. The van der Waals surface area contributed by atoms with Crippen LogP contribution in [0.4, 0.5) is 10.1 Å². The van der Waals surface area contributed by atoms with Crippen molar-refractivity contribution in [2.75, 3.05) is 25.5 Å². The van der Waals surface area contributed by atoms with E-state index in [0.29, 0.717) is 6.54 Å². The number of para-hydroxylation sites is 1. The Morgan fingerprint density at radius 3 is 2.42 bits per heavy atom. The van der Waals surface area contributed by atoms with Gasteiger partial charge in [0.15, 0.2) is 0 Å². The lowest BCUT2D eigenvalue weighted by atomic mass is 10.0. The highest BCUT2D eigenvalue weighted by atomic mass is 19.1. The number of likely N-dealkylation sites (N-methyl/N-ethyl adjacent to an activating group) is 1. The van der Waals surface area contributed by atoms with Crippen molar-refractivity contribution in [3.8, 4) is 11.3 Å².